The van der Waals surface area contributed by atoms with Gasteiger partial charge in [-0.2, -0.15) is 0 Å². The van der Waals surface area contributed by atoms with Gasteiger partial charge in [0.05, 0.1) is 12.3 Å². The maximum Gasteiger partial charge on any atom is 0.263 e. The van der Waals surface area contributed by atoms with E-state index in [2.05, 4.69) is 27.3 Å². The molecule has 34 heavy (non-hydrogen) atoms. The number of rotatable bonds is 5. The summed E-state index contributed by atoms with van der Waals surface area (Å²) in [5.74, 6) is 1.18. The van der Waals surface area contributed by atoms with Gasteiger partial charge in [0.25, 0.3) is 5.91 Å². The first-order valence-electron chi connectivity index (χ1n) is 11.8. The largest absolute Gasteiger partial charge is 0.397 e. The van der Waals surface area contributed by atoms with Gasteiger partial charge in [-0.3, -0.25) is 4.79 Å². The molecule has 1 aliphatic carbocycles. The number of pyridine rings is 2. The van der Waals surface area contributed by atoms with Gasteiger partial charge in [-0.1, -0.05) is 6.07 Å². The summed E-state index contributed by atoms with van der Waals surface area (Å²) >= 11 is 1.37. The summed E-state index contributed by atoms with van der Waals surface area (Å²) in [6, 6.07) is 6.38. The zero-order chi connectivity index (χ0) is 24.0. The molecule has 3 atom stereocenters. The second-order valence-corrected chi connectivity index (χ2v) is 10.6. The molecule has 1 fully saturated rings. The van der Waals surface area contributed by atoms with Crippen molar-refractivity contribution in [3.05, 3.63) is 45.6 Å². The molecule has 5 rings (SSSR count). The van der Waals surface area contributed by atoms with Gasteiger partial charge >= 0.3 is 0 Å². The van der Waals surface area contributed by atoms with Crippen LogP contribution in [0.15, 0.2) is 18.2 Å². The molecule has 0 spiro atoms. The smallest absolute Gasteiger partial charge is 0.263 e. The lowest BCUT2D eigenvalue weighted by molar-refractivity contribution is 0.0938. The Bertz CT molecular complexity index is 1240. The number of carbonyl (C=O) groups excluding carboxylic acids is 1. The standard InChI is InChI=1S/C25H32N6O2S/c1-13-8-14(2)28-25-21(13)22(27)23(34-25)24(32)29-17-5-6-19-15(9-17)4-7-20(30-19)31-10-16(12-33-3)18(26)11-31/h4,7-8,16-18H,5-6,9-12,26-27H2,1-3H3,(H,29,32)/t16-,17-,18-/m0/s1. The van der Waals surface area contributed by atoms with Crippen molar-refractivity contribution >= 4 is 39.0 Å². The first kappa shape index (κ1) is 23.0. The lowest BCUT2D eigenvalue weighted by Crippen LogP contribution is -2.39. The molecular weight excluding hydrogens is 448 g/mol. The van der Waals surface area contributed by atoms with E-state index in [0.717, 1.165) is 65.3 Å². The van der Waals surface area contributed by atoms with Gasteiger partial charge in [0.15, 0.2) is 0 Å². The van der Waals surface area contributed by atoms with E-state index in [-0.39, 0.29) is 18.0 Å². The topological polar surface area (TPSA) is 119 Å². The number of nitrogens with zero attached hydrogens (tertiary/aromatic N) is 3. The van der Waals surface area contributed by atoms with Gasteiger partial charge in [0.1, 0.15) is 15.5 Å². The third kappa shape index (κ3) is 4.23. The number of thiophene rings is 1. The molecular formula is C25H32N6O2S. The fourth-order valence-corrected chi connectivity index (χ4v) is 6.38. The molecule has 1 amide bonds. The summed E-state index contributed by atoms with van der Waals surface area (Å²) in [4.78, 5) is 26.2. The Kier molecular flexibility index (Phi) is 6.18. The number of nitrogens with one attached hydrogen (secondary N) is 1. The van der Waals surface area contributed by atoms with Crippen molar-refractivity contribution < 1.29 is 9.53 Å². The molecule has 5 N–H and O–H groups in total. The highest BCUT2D eigenvalue weighted by molar-refractivity contribution is 7.21. The Morgan fingerprint density at radius 1 is 1.29 bits per heavy atom. The van der Waals surface area contributed by atoms with Gasteiger partial charge in [-0.05, 0) is 56.4 Å². The molecule has 9 heteroatoms. The van der Waals surface area contributed by atoms with E-state index in [4.69, 9.17) is 21.2 Å². The number of nitrogen functional groups attached to an aromatic ring is 1. The number of hydrogen-bond acceptors (Lipinski definition) is 8. The van der Waals surface area contributed by atoms with E-state index < -0.39 is 0 Å². The number of fused-ring (bicyclic) bond motifs is 2. The van der Waals surface area contributed by atoms with E-state index in [0.29, 0.717) is 23.1 Å². The fourth-order valence-electron chi connectivity index (χ4n) is 5.26. The Morgan fingerprint density at radius 2 is 2.12 bits per heavy atom. The Balaban J connectivity index is 1.28. The third-order valence-corrected chi connectivity index (χ3v) is 8.11. The second kappa shape index (κ2) is 9.13. The first-order valence-corrected chi connectivity index (χ1v) is 12.6. The number of methoxy groups -OCH3 is 1. The van der Waals surface area contributed by atoms with Crippen molar-refractivity contribution in [1.82, 2.24) is 15.3 Å². The molecule has 0 unspecified atom stereocenters. The van der Waals surface area contributed by atoms with Crippen molar-refractivity contribution in [2.75, 3.05) is 37.4 Å². The minimum absolute atomic E-state index is 0.0550. The number of nitrogens with two attached hydrogens (primary N) is 2. The molecule has 180 valence electrons. The number of anilines is 2. The van der Waals surface area contributed by atoms with E-state index in [1.807, 2.05) is 19.9 Å². The number of hydrogen-bond donors (Lipinski definition) is 3. The molecule has 4 heterocycles. The number of amides is 1. The lowest BCUT2D eigenvalue weighted by atomic mass is 9.91. The predicted octanol–water partition coefficient (Wildman–Crippen LogP) is 2.59. The normalized spacial score (nSPS) is 22.2. The van der Waals surface area contributed by atoms with E-state index in [1.165, 1.54) is 16.9 Å². The summed E-state index contributed by atoms with van der Waals surface area (Å²) < 4.78 is 5.31. The highest BCUT2D eigenvalue weighted by Crippen LogP contribution is 2.35. The highest BCUT2D eigenvalue weighted by atomic mass is 32.1. The van der Waals surface area contributed by atoms with Crippen LogP contribution in [0.4, 0.5) is 11.5 Å². The molecule has 3 aromatic heterocycles. The molecule has 2 aliphatic rings. The molecule has 0 bridgehead atoms. The second-order valence-electron chi connectivity index (χ2n) is 9.58. The number of carbonyl (C=O) groups is 1. The molecule has 3 aromatic rings. The van der Waals surface area contributed by atoms with Crippen LogP contribution in [-0.4, -0.2) is 54.8 Å². The van der Waals surface area contributed by atoms with Crippen molar-refractivity contribution in [1.29, 1.82) is 0 Å². The average Bonchev–Trinajstić information content (AvgIpc) is 3.33. The lowest BCUT2D eigenvalue weighted by Gasteiger charge is -2.26. The Labute approximate surface area is 203 Å². The van der Waals surface area contributed by atoms with Crippen LogP contribution in [0.1, 0.15) is 38.6 Å². The minimum Gasteiger partial charge on any atom is -0.397 e. The summed E-state index contributed by atoms with van der Waals surface area (Å²) in [6.45, 7) is 6.29. The predicted molar refractivity (Wildman–Crippen MR) is 137 cm³/mol. The van der Waals surface area contributed by atoms with Gasteiger partial charge in [0, 0.05) is 55.0 Å². The van der Waals surface area contributed by atoms with Crippen LogP contribution in [-0.2, 0) is 17.6 Å². The van der Waals surface area contributed by atoms with Crippen molar-refractivity contribution in [2.24, 2.45) is 11.7 Å². The maximum atomic E-state index is 13.1. The van der Waals surface area contributed by atoms with Crippen LogP contribution < -0.4 is 21.7 Å². The quantitative estimate of drug-likeness (QED) is 0.513. The number of aryl methyl sites for hydroxylation is 3. The highest BCUT2D eigenvalue weighted by Gasteiger charge is 2.32. The minimum atomic E-state index is -0.120. The van der Waals surface area contributed by atoms with Crippen molar-refractivity contribution in [2.45, 2.75) is 45.2 Å². The van der Waals surface area contributed by atoms with Crippen LogP contribution in [0.2, 0.25) is 0 Å². The maximum absolute atomic E-state index is 13.1. The fraction of sp³-hybridized carbons (Fsp3) is 0.480. The van der Waals surface area contributed by atoms with Gasteiger partial charge in [-0.15, -0.1) is 11.3 Å². The average molecular weight is 481 g/mol. The monoisotopic (exact) mass is 480 g/mol. The molecule has 1 saturated heterocycles. The SMILES string of the molecule is COC[C@@H]1CN(c2ccc3c(n2)CC[C@H](NC(=O)c2sc4nc(C)cc(C)c4c2N)C3)C[C@@H]1N. The Morgan fingerprint density at radius 3 is 2.91 bits per heavy atom. The van der Waals surface area contributed by atoms with Gasteiger partial charge in [-0.25, -0.2) is 9.97 Å². The summed E-state index contributed by atoms with van der Waals surface area (Å²) in [5.41, 5.74) is 17.5. The van der Waals surface area contributed by atoms with E-state index >= 15 is 0 Å². The first-order chi connectivity index (χ1) is 16.3. The molecule has 0 saturated carbocycles. The van der Waals surface area contributed by atoms with Crippen molar-refractivity contribution in [3.8, 4) is 0 Å². The van der Waals surface area contributed by atoms with E-state index in [1.54, 1.807) is 7.11 Å². The Hall–Kier alpha value is -2.75. The zero-order valence-electron chi connectivity index (χ0n) is 19.9. The van der Waals surface area contributed by atoms with Crippen LogP contribution in [0.25, 0.3) is 10.2 Å². The van der Waals surface area contributed by atoms with Crippen LogP contribution in [0.5, 0.6) is 0 Å². The van der Waals surface area contributed by atoms with Gasteiger partial charge in [0.2, 0.25) is 0 Å². The summed E-state index contributed by atoms with van der Waals surface area (Å²) in [6.07, 6.45) is 2.45. The molecule has 1 aliphatic heterocycles. The van der Waals surface area contributed by atoms with Gasteiger partial charge < -0.3 is 26.4 Å². The number of aromatic nitrogens is 2. The third-order valence-electron chi connectivity index (χ3n) is 7.01. The molecule has 0 radical (unpaired) electrons. The molecule has 0 aromatic carbocycles. The van der Waals surface area contributed by atoms with E-state index in [9.17, 15) is 4.79 Å². The summed E-state index contributed by atoms with van der Waals surface area (Å²) in [5, 5.41) is 4.09. The van der Waals surface area contributed by atoms with Crippen molar-refractivity contribution in [3.63, 3.8) is 0 Å². The number of ether oxygens (including phenoxy) is 1. The molecule has 8 nitrogen and oxygen atoms in total. The van der Waals surface area contributed by atoms with Crippen LogP contribution >= 0.6 is 11.3 Å². The zero-order valence-corrected chi connectivity index (χ0v) is 20.7. The van der Waals surface area contributed by atoms with Crippen LogP contribution in [0.3, 0.4) is 0 Å². The summed E-state index contributed by atoms with van der Waals surface area (Å²) in [7, 11) is 1.72. The van der Waals surface area contributed by atoms with Crippen LogP contribution in [0, 0.1) is 19.8 Å².